The Balaban J connectivity index is 3.01. The molecule has 1 rings (SSSR count). The second kappa shape index (κ2) is 28.0. The molecule has 8 amide bonds. The first-order chi connectivity index (χ1) is 30.3. The number of rotatable bonds is 28. The van der Waals surface area contributed by atoms with Crippen molar-refractivity contribution in [1.82, 2.24) is 42.5 Å². The first kappa shape index (κ1) is 56.9. The predicted molar refractivity (Wildman–Crippen MR) is 230 cm³/mol. The van der Waals surface area contributed by atoms with Crippen LogP contribution in [0.1, 0.15) is 59.4 Å². The Morgan fingerprint density at radius 2 is 1.17 bits per heavy atom. The van der Waals surface area contributed by atoms with Crippen molar-refractivity contribution in [2.75, 3.05) is 18.9 Å². The van der Waals surface area contributed by atoms with E-state index in [0.717, 1.165) is 6.92 Å². The standard InChI is InChI=1S/C39H61N9O16S/c1-17(2)12-25(39(63)64)45-36(60)27(16-65)47-32(56)18(3)42-34(58)23(10-11-29(54)55)43-28(53)14-41-33(57)26(15-49)46-38(62)31(20(5)51)48-35(59)24(44-37(61)30(40)19(4)50)13-21-6-8-22(52)9-7-21/h6-9,17-20,23-27,30-31,49-52,65H,10-16,40H2,1-5H3,(H,41,57)(H,42,58)(H,43,53)(H,44,61)(H,45,60)(H,46,62)(H,47,56)(H,48,59)(H,54,55)(H,63,64)/t18-,19+,20+,23-,24-,25-,26-,27-,30-,31-/m0/s1. The number of carboxylic acids is 2. The lowest BCUT2D eigenvalue weighted by Gasteiger charge is -2.27. The molecule has 10 atom stereocenters. The van der Waals surface area contributed by atoms with Crippen LogP contribution in [0.5, 0.6) is 5.75 Å². The molecule has 25 nitrogen and oxygen atoms in total. The van der Waals surface area contributed by atoms with Gasteiger partial charge in [-0.05, 0) is 57.2 Å². The number of carboxylic acid groups (broad SMARTS) is 2. The van der Waals surface area contributed by atoms with E-state index in [9.17, 15) is 78.6 Å². The first-order valence-corrected chi connectivity index (χ1v) is 20.9. The van der Waals surface area contributed by atoms with Crippen molar-refractivity contribution in [2.24, 2.45) is 11.7 Å². The Hall–Kier alpha value is -6.09. The molecule has 65 heavy (non-hydrogen) atoms. The first-order valence-electron chi connectivity index (χ1n) is 20.3. The lowest BCUT2D eigenvalue weighted by molar-refractivity contribution is -0.142. The second-order valence-corrected chi connectivity index (χ2v) is 15.8. The molecular weight excluding hydrogens is 883 g/mol. The number of aliphatic carboxylic acids is 2. The molecule has 0 radical (unpaired) electrons. The minimum absolute atomic E-state index is 0.0949. The van der Waals surface area contributed by atoms with E-state index in [1.54, 1.807) is 13.8 Å². The summed E-state index contributed by atoms with van der Waals surface area (Å²) >= 11 is 4.04. The summed E-state index contributed by atoms with van der Waals surface area (Å²) in [7, 11) is 0. The maximum atomic E-state index is 13.4. The highest BCUT2D eigenvalue weighted by molar-refractivity contribution is 7.80. The van der Waals surface area contributed by atoms with Crippen LogP contribution in [0, 0.1) is 5.92 Å². The van der Waals surface area contributed by atoms with Crippen LogP contribution in [0.2, 0.25) is 0 Å². The molecule has 0 fully saturated rings. The van der Waals surface area contributed by atoms with Crippen LogP contribution < -0.4 is 48.3 Å². The van der Waals surface area contributed by atoms with E-state index < -0.39 is 146 Å². The van der Waals surface area contributed by atoms with Gasteiger partial charge in [-0.3, -0.25) is 43.2 Å². The van der Waals surface area contributed by atoms with Crippen LogP contribution in [-0.4, -0.2) is 169 Å². The fourth-order valence-electron chi connectivity index (χ4n) is 5.59. The maximum Gasteiger partial charge on any atom is 0.326 e. The zero-order chi connectivity index (χ0) is 49.7. The number of hydrogen-bond donors (Lipinski definition) is 16. The Bertz CT molecular complexity index is 1840. The lowest BCUT2D eigenvalue weighted by atomic mass is 10.0. The van der Waals surface area contributed by atoms with E-state index in [0.29, 0.717) is 5.56 Å². The molecule has 0 aliphatic carbocycles. The van der Waals surface area contributed by atoms with Crippen LogP contribution in [-0.2, 0) is 54.4 Å². The number of aromatic hydroxyl groups is 1. The molecule has 0 saturated heterocycles. The molecule has 0 aliphatic rings. The van der Waals surface area contributed by atoms with Gasteiger partial charge in [-0.1, -0.05) is 26.0 Å². The van der Waals surface area contributed by atoms with Gasteiger partial charge < -0.3 is 78.9 Å². The fourth-order valence-corrected chi connectivity index (χ4v) is 5.84. The van der Waals surface area contributed by atoms with Crippen LogP contribution in [0.25, 0.3) is 0 Å². The zero-order valence-electron chi connectivity index (χ0n) is 36.4. The number of phenols is 1. The molecule has 0 saturated carbocycles. The topological polar surface area (TPSA) is 414 Å². The summed E-state index contributed by atoms with van der Waals surface area (Å²) in [5, 5.41) is 76.4. The van der Waals surface area contributed by atoms with Crippen molar-refractivity contribution < 1.29 is 78.6 Å². The Labute approximate surface area is 379 Å². The summed E-state index contributed by atoms with van der Waals surface area (Å²) in [6, 6.07) is -6.61. The van der Waals surface area contributed by atoms with E-state index in [-0.39, 0.29) is 30.3 Å². The SMILES string of the molecule is CC(C)C[C@H](NC(=O)[C@H](CS)NC(=O)[C@H](C)NC(=O)[C@H](CCC(=O)O)NC(=O)CNC(=O)[C@H](CO)NC(=O)[C@@H](NC(=O)[C@H](Cc1ccc(O)cc1)NC(=O)[C@@H](N)[C@@H](C)O)[C@@H](C)O)C(=O)O. The summed E-state index contributed by atoms with van der Waals surface area (Å²) in [6.45, 7) is 5.06. The average Bonchev–Trinajstić information content (AvgIpc) is 3.23. The van der Waals surface area contributed by atoms with E-state index in [1.165, 1.54) is 38.1 Å². The molecule has 1 aromatic rings. The number of aliphatic hydroxyl groups is 3. The fraction of sp³-hybridized carbons (Fsp3) is 0.590. The van der Waals surface area contributed by atoms with Gasteiger partial charge in [-0.25, -0.2) is 4.79 Å². The molecule has 1 aromatic carbocycles. The van der Waals surface area contributed by atoms with Gasteiger partial charge in [0, 0.05) is 18.6 Å². The molecule has 16 N–H and O–H groups in total. The van der Waals surface area contributed by atoms with Gasteiger partial charge in [0.25, 0.3) is 0 Å². The van der Waals surface area contributed by atoms with Crippen molar-refractivity contribution in [3.63, 3.8) is 0 Å². The van der Waals surface area contributed by atoms with Gasteiger partial charge in [-0.15, -0.1) is 0 Å². The minimum Gasteiger partial charge on any atom is -0.508 e. The number of aliphatic hydroxyl groups excluding tert-OH is 3. The van der Waals surface area contributed by atoms with E-state index in [2.05, 4.69) is 55.2 Å². The van der Waals surface area contributed by atoms with Crippen molar-refractivity contribution in [1.29, 1.82) is 0 Å². The van der Waals surface area contributed by atoms with Crippen molar-refractivity contribution in [3.05, 3.63) is 29.8 Å². The highest BCUT2D eigenvalue weighted by Gasteiger charge is 2.34. The number of thiol groups is 1. The van der Waals surface area contributed by atoms with Crippen LogP contribution >= 0.6 is 12.6 Å². The zero-order valence-corrected chi connectivity index (χ0v) is 37.3. The van der Waals surface area contributed by atoms with Crippen molar-refractivity contribution in [2.45, 2.75) is 121 Å². The lowest BCUT2D eigenvalue weighted by Crippen LogP contribution is -2.61. The molecule has 0 unspecified atom stereocenters. The van der Waals surface area contributed by atoms with Gasteiger partial charge in [0.15, 0.2) is 0 Å². The largest absolute Gasteiger partial charge is 0.508 e. The molecule has 364 valence electrons. The van der Waals surface area contributed by atoms with E-state index in [1.807, 2.05) is 0 Å². The Morgan fingerprint density at radius 3 is 1.68 bits per heavy atom. The molecule has 0 bridgehead atoms. The summed E-state index contributed by atoms with van der Waals surface area (Å²) in [4.78, 5) is 127. The number of hydrogen-bond acceptors (Lipinski definition) is 16. The second-order valence-electron chi connectivity index (χ2n) is 15.4. The molecule has 0 spiro atoms. The predicted octanol–water partition coefficient (Wildman–Crippen LogP) is -5.53. The quantitative estimate of drug-likeness (QED) is 0.0348. The summed E-state index contributed by atoms with van der Waals surface area (Å²) in [5.74, 6) is -11.4. The van der Waals surface area contributed by atoms with Crippen molar-refractivity contribution in [3.8, 4) is 5.75 Å². The molecular formula is C39H61N9O16S. The number of amides is 8. The van der Waals surface area contributed by atoms with E-state index >= 15 is 0 Å². The normalized spacial score (nSPS) is 15.7. The van der Waals surface area contributed by atoms with Crippen LogP contribution in [0.4, 0.5) is 0 Å². The number of carbonyl (C=O) groups is 10. The van der Waals surface area contributed by atoms with Gasteiger partial charge in [0.1, 0.15) is 54.1 Å². The summed E-state index contributed by atoms with van der Waals surface area (Å²) in [6.07, 6.45) is -4.23. The molecule has 26 heteroatoms. The third-order valence-electron chi connectivity index (χ3n) is 9.32. The highest BCUT2D eigenvalue weighted by atomic mass is 32.1. The highest BCUT2D eigenvalue weighted by Crippen LogP contribution is 2.12. The smallest absolute Gasteiger partial charge is 0.326 e. The monoisotopic (exact) mass is 943 g/mol. The average molecular weight is 944 g/mol. The van der Waals surface area contributed by atoms with Crippen molar-refractivity contribution >= 4 is 71.8 Å². The number of benzene rings is 1. The van der Waals surface area contributed by atoms with Gasteiger partial charge in [0.05, 0.1) is 25.4 Å². The third kappa shape index (κ3) is 20.5. The van der Waals surface area contributed by atoms with Gasteiger partial charge in [0.2, 0.25) is 47.3 Å². The van der Waals surface area contributed by atoms with Gasteiger partial charge in [-0.2, -0.15) is 12.6 Å². The summed E-state index contributed by atoms with van der Waals surface area (Å²) < 4.78 is 0. The van der Waals surface area contributed by atoms with Gasteiger partial charge >= 0.3 is 11.9 Å². The minimum atomic E-state index is -1.81. The Morgan fingerprint density at radius 1 is 0.631 bits per heavy atom. The third-order valence-corrected chi connectivity index (χ3v) is 9.69. The maximum absolute atomic E-state index is 13.4. The van der Waals surface area contributed by atoms with Crippen LogP contribution in [0.3, 0.4) is 0 Å². The van der Waals surface area contributed by atoms with Crippen LogP contribution in [0.15, 0.2) is 24.3 Å². The number of nitrogens with one attached hydrogen (secondary N) is 8. The Kier molecular flexibility index (Phi) is 24.5. The molecule has 0 aromatic heterocycles. The summed E-state index contributed by atoms with van der Waals surface area (Å²) in [5.41, 5.74) is 6.13. The van der Waals surface area contributed by atoms with E-state index in [4.69, 9.17) is 5.73 Å². The molecule has 0 heterocycles. The number of nitrogens with two attached hydrogens (primary N) is 1. The number of carbonyl (C=O) groups excluding carboxylic acids is 8. The molecule has 0 aliphatic heterocycles. The number of phenolic OH excluding ortho intramolecular Hbond substituents is 1.